The number of anilines is 1. The molecule has 2 aromatic rings. The number of thiazole rings is 1. The Hall–Kier alpha value is -1.93. The number of hydrogen-bond acceptors (Lipinski definition) is 5. The van der Waals surface area contributed by atoms with Crippen LogP contribution < -0.4 is 10.0 Å². The summed E-state index contributed by atoms with van der Waals surface area (Å²) in [4.78, 5) is 16.3. The van der Waals surface area contributed by atoms with Gasteiger partial charge in [0.25, 0.3) is 0 Å². The normalized spacial score (nSPS) is 12.7. The molecule has 0 spiro atoms. The van der Waals surface area contributed by atoms with Gasteiger partial charge < -0.3 is 5.32 Å². The Kier molecular flexibility index (Phi) is 5.61. The summed E-state index contributed by atoms with van der Waals surface area (Å²) in [7, 11) is -3.36. The molecule has 2 rings (SSSR count). The van der Waals surface area contributed by atoms with Gasteiger partial charge in [0, 0.05) is 5.38 Å². The molecule has 0 saturated heterocycles. The van der Waals surface area contributed by atoms with Crippen molar-refractivity contribution in [3.05, 3.63) is 46.0 Å². The van der Waals surface area contributed by atoms with E-state index in [9.17, 15) is 13.2 Å². The van der Waals surface area contributed by atoms with E-state index in [0.717, 1.165) is 34.3 Å². The van der Waals surface area contributed by atoms with Gasteiger partial charge in [-0.1, -0.05) is 23.8 Å². The molecule has 6 nitrogen and oxygen atoms in total. The molecular formula is C16H21N3O3S2. The number of benzene rings is 1. The number of hydrogen-bond donors (Lipinski definition) is 2. The highest BCUT2D eigenvalue weighted by molar-refractivity contribution is 7.92. The molecule has 0 unspecified atom stereocenters. The van der Waals surface area contributed by atoms with E-state index in [2.05, 4.69) is 21.1 Å². The molecule has 0 fully saturated rings. The fourth-order valence-electron chi connectivity index (χ4n) is 2.35. The number of rotatable bonds is 6. The van der Waals surface area contributed by atoms with Crippen LogP contribution in [0.2, 0.25) is 0 Å². The summed E-state index contributed by atoms with van der Waals surface area (Å²) in [5.41, 5.74) is 3.90. The molecule has 1 heterocycles. The van der Waals surface area contributed by atoms with E-state index in [1.54, 1.807) is 5.38 Å². The minimum atomic E-state index is -3.36. The van der Waals surface area contributed by atoms with Crippen LogP contribution in [-0.2, 0) is 21.2 Å². The van der Waals surface area contributed by atoms with Crippen LogP contribution in [0.3, 0.4) is 0 Å². The largest absolute Gasteiger partial charge is 0.349 e. The van der Waals surface area contributed by atoms with Crippen molar-refractivity contribution in [2.24, 2.45) is 0 Å². The second-order valence-corrected chi connectivity index (χ2v) is 8.45. The van der Waals surface area contributed by atoms with Crippen molar-refractivity contribution in [3.8, 4) is 0 Å². The lowest BCUT2D eigenvalue weighted by Gasteiger charge is -2.17. The Morgan fingerprint density at radius 2 is 2.04 bits per heavy atom. The summed E-state index contributed by atoms with van der Waals surface area (Å²) in [5.74, 6) is -0.153. The molecule has 0 aliphatic carbocycles. The number of amides is 1. The highest BCUT2D eigenvalue weighted by Gasteiger charge is 2.14. The van der Waals surface area contributed by atoms with Gasteiger partial charge in [0.15, 0.2) is 5.13 Å². The zero-order valence-electron chi connectivity index (χ0n) is 14.1. The third-order valence-corrected chi connectivity index (χ3v) is 4.94. The number of aryl methyl sites for hydroxylation is 2. The molecule has 0 bridgehead atoms. The maximum absolute atomic E-state index is 12.2. The van der Waals surface area contributed by atoms with Crippen LogP contribution in [0.25, 0.3) is 0 Å². The van der Waals surface area contributed by atoms with Gasteiger partial charge in [0.05, 0.1) is 24.4 Å². The maximum Gasteiger partial charge on any atom is 0.231 e. The van der Waals surface area contributed by atoms with Crippen LogP contribution in [0, 0.1) is 13.8 Å². The van der Waals surface area contributed by atoms with Crippen molar-refractivity contribution in [1.29, 1.82) is 0 Å². The zero-order chi connectivity index (χ0) is 17.9. The molecule has 0 aliphatic rings. The quantitative estimate of drug-likeness (QED) is 0.821. The minimum absolute atomic E-state index is 0.107. The van der Waals surface area contributed by atoms with Crippen LogP contribution >= 0.6 is 11.3 Å². The minimum Gasteiger partial charge on any atom is -0.349 e. The first kappa shape index (κ1) is 18.4. The van der Waals surface area contributed by atoms with Gasteiger partial charge in [-0.2, -0.15) is 0 Å². The molecule has 130 valence electrons. The molecule has 1 aromatic heterocycles. The summed E-state index contributed by atoms with van der Waals surface area (Å²) < 4.78 is 24.6. The first-order chi connectivity index (χ1) is 11.1. The van der Waals surface area contributed by atoms with Gasteiger partial charge in [-0.15, -0.1) is 11.3 Å². The second-order valence-electron chi connectivity index (χ2n) is 5.84. The number of nitrogens with zero attached hydrogens (tertiary/aromatic N) is 1. The van der Waals surface area contributed by atoms with Crippen molar-refractivity contribution in [2.45, 2.75) is 33.2 Å². The number of nitrogens with one attached hydrogen (secondary N) is 2. The van der Waals surface area contributed by atoms with E-state index >= 15 is 0 Å². The van der Waals surface area contributed by atoms with E-state index in [4.69, 9.17) is 0 Å². The van der Waals surface area contributed by atoms with Gasteiger partial charge in [-0.05, 0) is 31.9 Å². The van der Waals surface area contributed by atoms with E-state index < -0.39 is 10.0 Å². The number of carbonyl (C=O) groups is 1. The van der Waals surface area contributed by atoms with E-state index in [-0.39, 0.29) is 23.5 Å². The van der Waals surface area contributed by atoms with Gasteiger partial charge in [0.2, 0.25) is 15.9 Å². The van der Waals surface area contributed by atoms with Gasteiger partial charge >= 0.3 is 0 Å². The molecule has 0 radical (unpaired) electrons. The van der Waals surface area contributed by atoms with E-state index in [1.807, 2.05) is 32.9 Å². The first-order valence-corrected chi connectivity index (χ1v) is 10.2. The van der Waals surface area contributed by atoms with Crippen LogP contribution in [0.5, 0.6) is 0 Å². The number of aromatic nitrogens is 1. The first-order valence-electron chi connectivity index (χ1n) is 7.43. The van der Waals surface area contributed by atoms with Crippen molar-refractivity contribution in [2.75, 3.05) is 11.0 Å². The molecule has 24 heavy (non-hydrogen) atoms. The smallest absolute Gasteiger partial charge is 0.231 e. The lowest BCUT2D eigenvalue weighted by Crippen LogP contribution is -2.28. The van der Waals surface area contributed by atoms with Gasteiger partial charge in [0.1, 0.15) is 0 Å². The lowest BCUT2D eigenvalue weighted by atomic mass is 10.00. The van der Waals surface area contributed by atoms with E-state index in [0.29, 0.717) is 5.69 Å². The van der Waals surface area contributed by atoms with Crippen LogP contribution in [0.4, 0.5) is 5.13 Å². The Morgan fingerprint density at radius 3 is 2.71 bits per heavy atom. The summed E-state index contributed by atoms with van der Waals surface area (Å²) >= 11 is 1.16. The third-order valence-electron chi connectivity index (χ3n) is 3.44. The number of carbonyl (C=O) groups excluding carboxylic acids is 1. The van der Waals surface area contributed by atoms with Crippen LogP contribution in [-0.4, -0.2) is 25.6 Å². The average molecular weight is 367 g/mol. The summed E-state index contributed by atoms with van der Waals surface area (Å²) in [6.07, 6.45) is 1.17. The van der Waals surface area contributed by atoms with Gasteiger partial charge in [-0.3, -0.25) is 9.52 Å². The van der Waals surface area contributed by atoms with Crippen LogP contribution in [0.15, 0.2) is 23.6 Å². The molecule has 0 saturated carbocycles. The SMILES string of the molecule is Cc1ccc(C)c([C@@H](C)NC(=O)Cc2csc(NS(C)(=O)=O)n2)c1. The summed E-state index contributed by atoms with van der Waals surface area (Å²) in [5, 5.41) is 4.90. The average Bonchev–Trinajstić information content (AvgIpc) is 2.86. The van der Waals surface area contributed by atoms with E-state index in [1.165, 1.54) is 0 Å². The Labute approximate surface area is 146 Å². The highest BCUT2D eigenvalue weighted by Crippen LogP contribution is 2.20. The molecule has 1 amide bonds. The predicted molar refractivity (Wildman–Crippen MR) is 96.8 cm³/mol. The Balaban J connectivity index is 1.99. The zero-order valence-corrected chi connectivity index (χ0v) is 15.7. The molecule has 0 aliphatic heterocycles. The molecule has 8 heteroatoms. The fourth-order valence-corrected chi connectivity index (χ4v) is 3.92. The molecule has 1 aromatic carbocycles. The Morgan fingerprint density at radius 1 is 1.33 bits per heavy atom. The monoisotopic (exact) mass is 367 g/mol. The molecule has 2 N–H and O–H groups in total. The van der Waals surface area contributed by atoms with Crippen molar-refractivity contribution < 1.29 is 13.2 Å². The standard InChI is InChI=1S/C16H21N3O3S2/c1-10-5-6-11(2)14(7-10)12(3)17-15(20)8-13-9-23-16(18-13)19-24(4,21)22/h5-7,9,12H,8H2,1-4H3,(H,17,20)(H,18,19)/t12-/m1/s1. The van der Waals surface area contributed by atoms with Crippen molar-refractivity contribution in [1.82, 2.24) is 10.3 Å². The third kappa shape index (κ3) is 5.31. The predicted octanol–water partition coefficient (Wildman–Crippen LogP) is 2.55. The van der Waals surface area contributed by atoms with Crippen molar-refractivity contribution >= 4 is 32.4 Å². The fraction of sp³-hybridized carbons (Fsp3) is 0.375. The maximum atomic E-state index is 12.2. The highest BCUT2D eigenvalue weighted by atomic mass is 32.2. The topological polar surface area (TPSA) is 88.2 Å². The molecular weight excluding hydrogens is 346 g/mol. The summed E-state index contributed by atoms with van der Waals surface area (Å²) in [6, 6.07) is 6.04. The van der Waals surface area contributed by atoms with Crippen LogP contribution in [0.1, 0.15) is 35.3 Å². The van der Waals surface area contributed by atoms with Crippen molar-refractivity contribution in [3.63, 3.8) is 0 Å². The second kappa shape index (κ2) is 7.31. The Bertz CT molecular complexity index is 844. The summed E-state index contributed by atoms with van der Waals surface area (Å²) in [6.45, 7) is 5.97. The lowest BCUT2D eigenvalue weighted by molar-refractivity contribution is -0.121. The number of sulfonamides is 1. The molecule has 1 atom stereocenters. The van der Waals surface area contributed by atoms with Gasteiger partial charge in [-0.25, -0.2) is 13.4 Å².